The Bertz CT molecular complexity index is 297. The Balaban J connectivity index is 4.33. The van der Waals surface area contributed by atoms with Gasteiger partial charge < -0.3 is 0 Å². The number of allylic oxidation sites excluding steroid dienone is 2. The minimum Gasteiger partial charge on any atom is -0.0972 e. The first kappa shape index (κ1) is 16.9. The molecule has 0 aliphatic rings. The monoisotopic (exact) mass is 244 g/mol. The summed E-state index contributed by atoms with van der Waals surface area (Å²) in [5.41, 5.74) is 1.04. The fourth-order valence-corrected chi connectivity index (χ4v) is 1.43. The normalized spacial score (nSPS) is 8.83. The molecule has 0 atom stereocenters. The van der Waals surface area contributed by atoms with E-state index in [2.05, 4.69) is 50.5 Å². The smallest absolute Gasteiger partial charge is 0.0704 e. The third-order valence-electron chi connectivity index (χ3n) is 2.66. The largest absolute Gasteiger partial charge is 0.0972 e. The third-order valence-corrected chi connectivity index (χ3v) is 2.66. The molecule has 0 heterocycles. The van der Waals surface area contributed by atoms with Crippen LogP contribution in [0.1, 0.15) is 78.6 Å². The highest BCUT2D eigenvalue weighted by molar-refractivity contribution is 5.44. The zero-order chi connectivity index (χ0) is 13.5. The topological polar surface area (TPSA) is 0 Å². The summed E-state index contributed by atoms with van der Waals surface area (Å²) in [6.45, 7) is 6.61. The summed E-state index contributed by atoms with van der Waals surface area (Å²) in [5, 5.41) is 0. The SMILES string of the molecule is CCCCC#CC(C#CCCCC)=CCCCC. The minimum atomic E-state index is 0.998. The molecule has 0 amide bonds. The molecule has 0 spiro atoms. The molecule has 0 rings (SSSR count). The number of unbranched alkanes of at least 4 members (excludes halogenated alkanes) is 6. The molecule has 0 heteroatoms. The van der Waals surface area contributed by atoms with E-state index in [1.54, 1.807) is 0 Å². The second kappa shape index (κ2) is 13.9. The Morgan fingerprint density at radius 3 is 1.72 bits per heavy atom. The molecule has 0 bridgehead atoms. The predicted octanol–water partition coefficient (Wildman–Crippen LogP) is 5.49. The Morgan fingerprint density at radius 1 is 0.778 bits per heavy atom. The maximum atomic E-state index is 3.23. The Morgan fingerprint density at radius 2 is 1.28 bits per heavy atom. The van der Waals surface area contributed by atoms with Crippen molar-refractivity contribution in [1.82, 2.24) is 0 Å². The lowest BCUT2D eigenvalue weighted by molar-refractivity contribution is 0.813. The first-order valence-electron chi connectivity index (χ1n) is 7.53. The lowest BCUT2D eigenvalue weighted by Crippen LogP contribution is -1.77. The molecular formula is C18H28. The van der Waals surface area contributed by atoms with Gasteiger partial charge in [0.15, 0.2) is 0 Å². The molecule has 0 saturated heterocycles. The first-order valence-corrected chi connectivity index (χ1v) is 7.53. The van der Waals surface area contributed by atoms with Crippen molar-refractivity contribution in [3.8, 4) is 23.7 Å². The summed E-state index contributed by atoms with van der Waals surface area (Å²) in [7, 11) is 0. The lowest BCUT2D eigenvalue weighted by atomic mass is 10.1. The van der Waals surface area contributed by atoms with Crippen LogP contribution < -0.4 is 0 Å². The molecule has 18 heavy (non-hydrogen) atoms. The van der Waals surface area contributed by atoms with E-state index in [-0.39, 0.29) is 0 Å². The van der Waals surface area contributed by atoms with Gasteiger partial charge in [0.05, 0.1) is 5.57 Å². The fourth-order valence-electron chi connectivity index (χ4n) is 1.43. The summed E-state index contributed by atoms with van der Waals surface area (Å²) in [6.07, 6.45) is 12.6. The molecular weight excluding hydrogens is 216 g/mol. The van der Waals surface area contributed by atoms with Crippen LogP contribution in [0, 0.1) is 23.7 Å². The van der Waals surface area contributed by atoms with Crippen LogP contribution in [0.25, 0.3) is 0 Å². The van der Waals surface area contributed by atoms with Crippen molar-refractivity contribution in [2.75, 3.05) is 0 Å². The molecule has 0 aliphatic heterocycles. The zero-order valence-corrected chi connectivity index (χ0v) is 12.4. The average Bonchev–Trinajstić information content (AvgIpc) is 2.39. The molecule has 0 N–H and O–H groups in total. The average molecular weight is 244 g/mol. The van der Waals surface area contributed by atoms with Crippen molar-refractivity contribution in [2.24, 2.45) is 0 Å². The summed E-state index contributed by atoms with van der Waals surface area (Å²) < 4.78 is 0. The summed E-state index contributed by atoms with van der Waals surface area (Å²) in [6, 6.07) is 0. The van der Waals surface area contributed by atoms with Crippen molar-refractivity contribution in [3.05, 3.63) is 11.6 Å². The summed E-state index contributed by atoms with van der Waals surface area (Å²) >= 11 is 0. The van der Waals surface area contributed by atoms with Crippen LogP contribution >= 0.6 is 0 Å². The Labute approximate surface area is 114 Å². The van der Waals surface area contributed by atoms with E-state index in [1.807, 2.05) is 0 Å². The molecule has 0 fully saturated rings. The third kappa shape index (κ3) is 11.3. The molecule has 0 aromatic rings. The minimum absolute atomic E-state index is 0.998. The summed E-state index contributed by atoms with van der Waals surface area (Å²) in [4.78, 5) is 0. The van der Waals surface area contributed by atoms with E-state index in [9.17, 15) is 0 Å². The molecule has 0 saturated carbocycles. The van der Waals surface area contributed by atoms with Crippen molar-refractivity contribution >= 4 is 0 Å². The van der Waals surface area contributed by atoms with Gasteiger partial charge in [0.25, 0.3) is 0 Å². The second-order valence-electron chi connectivity index (χ2n) is 4.57. The molecule has 0 unspecified atom stereocenters. The lowest BCUT2D eigenvalue weighted by Gasteiger charge is -1.91. The highest BCUT2D eigenvalue weighted by Gasteiger charge is 1.87. The quantitative estimate of drug-likeness (QED) is 0.410. The molecule has 100 valence electrons. The maximum absolute atomic E-state index is 3.23. The van der Waals surface area contributed by atoms with Crippen LogP contribution in [0.5, 0.6) is 0 Å². The van der Waals surface area contributed by atoms with E-state index < -0.39 is 0 Å². The second-order valence-corrected chi connectivity index (χ2v) is 4.57. The van der Waals surface area contributed by atoms with E-state index in [0.717, 1.165) is 24.8 Å². The van der Waals surface area contributed by atoms with Gasteiger partial charge in [-0.1, -0.05) is 76.2 Å². The highest BCUT2D eigenvalue weighted by Crippen LogP contribution is 2.01. The van der Waals surface area contributed by atoms with E-state index >= 15 is 0 Å². The van der Waals surface area contributed by atoms with Crippen molar-refractivity contribution in [3.63, 3.8) is 0 Å². The van der Waals surface area contributed by atoms with E-state index in [4.69, 9.17) is 0 Å². The maximum Gasteiger partial charge on any atom is 0.0704 e. The Hall–Kier alpha value is -1.14. The van der Waals surface area contributed by atoms with Crippen molar-refractivity contribution in [2.45, 2.75) is 78.6 Å². The van der Waals surface area contributed by atoms with Crippen LogP contribution in [-0.4, -0.2) is 0 Å². The molecule has 0 aromatic carbocycles. The summed E-state index contributed by atoms with van der Waals surface area (Å²) in [5.74, 6) is 12.9. The standard InChI is InChI=1S/C18H28/c1-4-7-10-13-16-18(15-12-9-6-3)17-14-11-8-5-2/h15H,4-12H2,1-3H3. The van der Waals surface area contributed by atoms with Crippen LogP contribution in [-0.2, 0) is 0 Å². The van der Waals surface area contributed by atoms with Gasteiger partial charge in [0.2, 0.25) is 0 Å². The molecule has 0 nitrogen and oxygen atoms in total. The number of rotatable bonds is 7. The fraction of sp³-hybridized carbons (Fsp3) is 0.667. The van der Waals surface area contributed by atoms with Gasteiger partial charge >= 0.3 is 0 Å². The van der Waals surface area contributed by atoms with Crippen LogP contribution in [0.3, 0.4) is 0 Å². The van der Waals surface area contributed by atoms with E-state index in [0.29, 0.717) is 0 Å². The van der Waals surface area contributed by atoms with Gasteiger partial charge in [-0.3, -0.25) is 0 Å². The predicted molar refractivity (Wildman–Crippen MR) is 82.2 cm³/mol. The highest BCUT2D eigenvalue weighted by atomic mass is 13.9. The number of hydrogen-bond donors (Lipinski definition) is 0. The van der Waals surface area contributed by atoms with Gasteiger partial charge in [-0.2, -0.15) is 0 Å². The van der Waals surface area contributed by atoms with Crippen molar-refractivity contribution < 1.29 is 0 Å². The number of hydrogen-bond acceptors (Lipinski definition) is 0. The van der Waals surface area contributed by atoms with Gasteiger partial charge in [0, 0.05) is 12.8 Å². The van der Waals surface area contributed by atoms with Gasteiger partial charge in [-0.25, -0.2) is 0 Å². The van der Waals surface area contributed by atoms with Crippen LogP contribution in [0.15, 0.2) is 11.6 Å². The molecule has 0 aliphatic carbocycles. The van der Waals surface area contributed by atoms with Crippen LogP contribution in [0.2, 0.25) is 0 Å². The zero-order valence-electron chi connectivity index (χ0n) is 12.4. The van der Waals surface area contributed by atoms with E-state index in [1.165, 1.54) is 38.5 Å². The van der Waals surface area contributed by atoms with Crippen molar-refractivity contribution in [1.29, 1.82) is 0 Å². The first-order chi connectivity index (χ1) is 8.85. The Kier molecular flexibility index (Phi) is 13.0. The van der Waals surface area contributed by atoms with Gasteiger partial charge in [-0.05, 0) is 19.3 Å². The van der Waals surface area contributed by atoms with Gasteiger partial charge in [0.1, 0.15) is 0 Å². The van der Waals surface area contributed by atoms with Crippen LogP contribution in [0.4, 0.5) is 0 Å². The molecule has 0 radical (unpaired) electrons. The van der Waals surface area contributed by atoms with Gasteiger partial charge in [-0.15, -0.1) is 0 Å². The molecule has 0 aromatic heterocycles.